The molecule has 1 aliphatic carbocycles. The smallest absolute Gasteiger partial charge is 0.227 e. The van der Waals surface area contributed by atoms with Crippen LogP contribution >= 0.6 is 0 Å². The van der Waals surface area contributed by atoms with Gasteiger partial charge in [0.1, 0.15) is 16.8 Å². The first-order valence-corrected chi connectivity index (χ1v) is 15.4. The zero-order valence-electron chi connectivity index (χ0n) is 22.8. The maximum Gasteiger partial charge on any atom is 0.227 e. The molecule has 0 aliphatic heterocycles. The summed E-state index contributed by atoms with van der Waals surface area (Å²) in [5, 5.41) is 10.4. The average Bonchev–Trinajstić information content (AvgIpc) is 3.62. The first-order chi connectivity index (χ1) is 20.6. The fourth-order valence-corrected chi connectivity index (χ4v) is 5.74. The van der Waals surface area contributed by atoms with Crippen LogP contribution in [0.5, 0.6) is 0 Å². The maximum absolute atomic E-state index is 14.6. The van der Waals surface area contributed by atoms with Gasteiger partial charge in [0, 0.05) is 52.7 Å². The Morgan fingerprint density at radius 3 is 2.63 bits per heavy atom. The highest BCUT2D eigenvalue weighted by molar-refractivity contribution is 7.90. The number of carbonyl (C=O) groups is 1. The lowest BCUT2D eigenvalue weighted by Crippen LogP contribution is -2.20. The van der Waals surface area contributed by atoms with Gasteiger partial charge in [-0.1, -0.05) is 0 Å². The molecule has 13 heteroatoms. The molecule has 0 radical (unpaired) electrons. The van der Waals surface area contributed by atoms with Gasteiger partial charge in [-0.25, -0.2) is 22.8 Å². The number of sulfone groups is 1. The molecule has 1 saturated carbocycles. The molecule has 5 heterocycles. The van der Waals surface area contributed by atoms with Crippen LogP contribution in [0.3, 0.4) is 0 Å². The molecule has 1 atom stereocenters. The molecule has 1 fully saturated rings. The molecule has 0 saturated heterocycles. The normalized spacial score (nSPS) is 14.3. The van der Waals surface area contributed by atoms with Gasteiger partial charge in [0.2, 0.25) is 5.91 Å². The number of fused-ring (bicyclic) bond motifs is 2. The van der Waals surface area contributed by atoms with Gasteiger partial charge in [-0.2, -0.15) is 5.10 Å². The lowest BCUT2D eigenvalue weighted by molar-refractivity contribution is -0.117. The van der Waals surface area contributed by atoms with E-state index in [0.29, 0.717) is 44.9 Å². The third-order valence-electron chi connectivity index (χ3n) is 7.52. The minimum Gasteiger partial charge on any atom is -0.338 e. The maximum atomic E-state index is 14.6. The third kappa shape index (κ3) is 5.13. The first-order valence-electron chi connectivity index (χ1n) is 13.5. The molecule has 0 bridgehead atoms. The van der Waals surface area contributed by atoms with Crippen LogP contribution in [0.4, 0.5) is 10.1 Å². The van der Waals surface area contributed by atoms with E-state index in [-0.39, 0.29) is 17.4 Å². The van der Waals surface area contributed by atoms with Crippen molar-refractivity contribution < 1.29 is 17.6 Å². The number of halogens is 1. The second kappa shape index (κ2) is 10.1. The number of pyridine rings is 3. The fraction of sp³-hybridized carbons (Fsp3) is 0.167. The number of hydrogen-bond donors (Lipinski definition) is 4. The Labute approximate surface area is 244 Å². The molecule has 43 heavy (non-hydrogen) atoms. The molecular weight excluding hydrogens is 571 g/mol. The van der Waals surface area contributed by atoms with E-state index in [1.807, 2.05) is 18.2 Å². The average molecular weight is 597 g/mol. The van der Waals surface area contributed by atoms with Crippen molar-refractivity contribution in [1.29, 1.82) is 0 Å². The number of H-pyrrole nitrogens is 2. The molecule has 5 N–H and O–H groups in total. The third-order valence-corrected chi connectivity index (χ3v) is 8.71. The van der Waals surface area contributed by atoms with Crippen molar-refractivity contribution in [2.75, 3.05) is 11.6 Å². The number of aromatic nitrogens is 6. The van der Waals surface area contributed by atoms with Crippen molar-refractivity contribution in [3.05, 3.63) is 78.6 Å². The van der Waals surface area contributed by atoms with Gasteiger partial charge < -0.3 is 16.0 Å². The molecule has 1 amide bonds. The quantitative estimate of drug-likeness (QED) is 0.205. The lowest BCUT2D eigenvalue weighted by Gasteiger charge is -2.12. The largest absolute Gasteiger partial charge is 0.338 e. The number of rotatable bonds is 7. The van der Waals surface area contributed by atoms with Crippen LogP contribution < -0.4 is 11.1 Å². The minimum absolute atomic E-state index is 0.00384. The van der Waals surface area contributed by atoms with Crippen molar-refractivity contribution in [3.63, 3.8) is 0 Å². The highest BCUT2D eigenvalue weighted by atomic mass is 32.2. The van der Waals surface area contributed by atoms with Crippen LogP contribution in [0.15, 0.2) is 67.3 Å². The fourth-order valence-electron chi connectivity index (χ4n) is 5.11. The summed E-state index contributed by atoms with van der Waals surface area (Å²) < 4.78 is 38.7. The Hall–Kier alpha value is -5.01. The molecule has 11 nitrogen and oxygen atoms in total. The van der Waals surface area contributed by atoms with Crippen molar-refractivity contribution in [2.45, 2.75) is 18.2 Å². The van der Waals surface area contributed by atoms with Crippen LogP contribution in [0.2, 0.25) is 0 Å². The van der Waals surface area contributed by atoms with Gasteiger partial charge in [0.25, 0.3) is 0 Å². The molecular formula is C30H25FN8O3S. The van der Waals surface area contributed by atoms with E-state index in [4.69, 9.17) is 5.73 Å². The Bertz CT molecular complexity index is 2170. The van der Waals surface area contributed by atoms with Crippen molar-refractivity contribution >= 4 is 43.5 Å². The molecule has 7 rings (SSSR count). The zero-order valence-corrected chi connectivity index (χ0v) is 23.6. The van der Waals surface area contributed by atoms with E-state index in [2.05, 4.69) is 35.5 Å². The standard InChI is InChI=1S/C30H25FN8O3S/c1-43(41,42)27(32)17-6-16(7-20(31)8-17)22-4-5-34-28-23(22)11-25(37-28)26-24-10-19(13-35-29(24)39-38-26)18-9-21(14-33-12-18)36-30(40)15-2-3-15/h4-15,27H,2-3,32H2,1H3,(H,34,37)(H,36,40)(H,35,38,39). The Morgan fingerprint density at radius 2 is 1.84 bits per heavy atom. The number of nitrogens with two attached hydrogens (primary N) is 1. The number of hydrogen-bond acceptors (Lipinski definition) is 8. The molecule has 1 aromatic carbocycles. The van der Waals surface area contributed by atoms with Crippen molar-refractivity contribution in [3.8, 4) is 33.6 Å². The van der Waals surface area contributed by atoms with Gasteiger partial charge in [0.15, 0.2) is 15.5 Å². The molecule has 216 valence electrons. The van der Waals surface area contributed by atoms with Crippen LogP contribution in [0, 0.1) is 11.7 Å². The highest BCUT2D eigenvalue weighted by Gasteiger charge is 2.29. The molecule has 1 aliphatic rings. The number of carbonyl (C=O) groups excluding carboxylic acids is 1. The van der Waals surface area contributed by atoms with Crippen LogP contribution in [-0.4, -0.2) is 50.7 Å². The summed E-state index contributed by atoms with van der Waals surface area (Å²) in [5.74, 6) is -0.519. The summed E-state index contributed by atoms with van der Waals surface area (Å²) in [6, 6.07) is 11.4. The second-order valence-corrected chi connectivity index (χ2v) is 12.9. The number of benzene rings is 1. The van der Waals surface area contributed by atoms with Crippen LogP contribution in [0.1, 0.15) is 23.8 Å². The van der Waals surface area contributed by atoms with E-state index in [1.54, 1.807) is 36.9 Å². The van der Waals surface area contributed by atoms with Gasteiger partial charge >= 0.3 is 0 Å². The summed E-state index contributed by atoms with van der Waals surface area (Å²) in [4.78, 5) is 28.8. The highest BCUT2D eigenvalue weighted by Crippen LogP contribution is 2.36. The Kier molecular flexibility index (Phi) is 6.29. The number of nitrogens with one attached hydrogen (secondary N) is 3. The van der Waals surface area contributed by atoms with Crippen molar-refractivity contribution in [1.82, 2.24) is 30.1 Å². The number of nitrogens with zero attached hydrogens (tertiary/aromatic N) is 4. The Balaban J connectivity index is 1.27. The van der Waals surface area contributed by atoms with Crippen LogP contribution in [0.25, 0.3) is 55.7 Å². The second-order valence-electron chi connectivity index (χ2n) is 10.7. The van der Waals surface area contributed by atoms with Gasteiger partial charge in [-0.15, -0.1) is 0 Å². The topological polar surface area (TPSA) is 172 Å². The zero-order chi connectivity index (χ0) is 29.9. The molecule has 6 aromatic rings. The first kappa shape index (κ1) is 26.9. The summed E-state index contributed by atoms with van der Waals surface area (Å²) in [6.07, 6.45) is 9.45. The predicted octanol–water partition coefficient (Wildman–Crippen LogP) is 4.72. The molecule has 0 spiro atoms. The Morgan fingerprint density at radius 1 is 1.02 bits per heavy atom. The number of amides is 1. The van der Waals surface area contributed by atoms with E-state index < -0.39 is 21.0 Å². The van der Waals surface area contributed by atoms with Crippen LogP contribution in [-0.2, 0) is 14.6 Å². The van der Waals surface area contributed by atoms with Gasteiger partial charge in [0.05, 0.1) is 23.3 Å². The minimum atomic E-state index is -3.64. The molecule has 5 aromatic heterocycles. The summed E-state index contributed by atoms with van der Waals surface area (Å²) in [6.45, 7) is 0. The monoisotopic (exact) mass is 596 g/mol. The number of aromatic amines is 2. The summed E-state index contributed by atoms with van der Waals surface area (Å²) in [5.41, 5.74) is 11.7. The summed E-state index contributed by atoms with van der Waals surface area (Å²) >= 11 is 0. The van der Waals surface area contributed by atoms with E-state index in [1.165, 1.54) is 6.07 Å². The lowest BCUT2D eigenvalue weighted by atomic mass is 10.0. The van der Waals surface area contributed by atoms with Gasteiger partial charge in [-0.05, 0) is 72.0 Å². The van der Waals surface area contributed by atoms with E-state index in [9.17, 15) is 17.6 Å². The predicted molar refractivity (Wildman–Crippen MR) is 161 cm³/mol. The van der Waals surface area contributed by atoms with E-state index in [0.717, 1.165) is 41.7 Å². The SMILES string of the molecule is CS(=O)(=O)C(N)c1cc(F)cc(-c2ccnc3[nH]c(-c4[nH]nc5ncc(-c6cncc(NC(=O)C7CC7)c6)cc45)cc23)c1. The van der Waals surface area contributed by atoms with Gasteiger partial charge in [-0.3, -0.25) is 14.9 Å². The summed E-state index contributed by atoms with van der Waals surface area (Å²) in [7, 11) is -3.64. The van der Waals surface area contributed by atoms with E-state index >= 15 is 0 Å². The van der Waals surface area contributed by atoms with Crippen molar-refractivity contribution in [2.24, 2.45) is 11.7 Å². The molecule has 1 unspecified atom stereocenters. The number of anilines is 1.